The molecule has 2 aliphatic heterocycles. The Morgan fingerprint density at radius 3 is 3.00 bits per heavy atom. The molecule has 0 unspecified atom stereocenters. The predicted molar refractivity (Wildman–Crippen MR) is 64.7 cm³/mol. The zero-order chi connectivity index (χ0) is 11.3. The zero-order valence-electron chi connectivity index (χ0n) is 9.86. The lowest BCUT2D eigenvalue weighted by Gasteiger charge is -2.19. The first-order valence-electron chi connectivity index (χ1n) is 6.15. The molecule has 0 aliphatic carbocycles. The van der Waals surface area contributed by atoms with Gasteiger partial charge in [0.05, 0.1) is 0 Å². The smallest absolute Gasteiger partial charge is 0.227 e. The molecule has 84 valence electrons. The van der Waals surface area contributed by atoms with Crippen LogP contribution < -0.4 is 4.90 Å². The summed E-state index contributed by atoms with van der Waals surface area (Å²) in [6.45, 7) is 4.35. The van der Waals surface area contributed by atoms with E-state index >= 15 is 0 Å². The second kappa shape index (κ2) is 3.34. The number of amides is 1. The molecule has 1 fully saturated rings. The molecule has 1 aromatic rings. The highest BCUT2D eigenvalue weighted by atomic mass is 16.2. The average molecular weight is 215 g/mol. The fraction of sp³-hybridized carbons (Fsp3) is 0.500. The van der Waals surface area contributed by atoms with Crippen LogP contribution in [0.2, 0.25) is 0 Å². The van der Waals surface area contributed by atoms with Crippen molar-refractivity contribution < 1.29 is 4.79 Å². The van der Waals surface area contributed by atoms with Gasteiger partial charge in [-0.3, -0.25) is 4.79 Å². The van der Waals surface area contributed by atoms with Crippen LogP contribution >= 0.6 is 0 Å². The van der Waals surface area contributed by atoms with Crippen molar-refractivity contribution >= 4 is 11.6 Å². The van der Waals surface area contributed by atoms with Crippen molar-refractivity contribution in [2.24, 2.45) is 0 Å². The van der Waals surface area contributed by atoms with Crippen LogP contribution in [-0.4, -0.2) is 11.9 Å². The number of benzene rings is 1. The number of rotatable bonds is 1. The van der Waals surface area contributed by atoms with Crippen LogP contribution in [0.1, 0.15) is 43.2 Å². The monoisotopic (exact) mass is 215 g/mol. The quantitative estimate of drug-likeness (QED) is 0.705. The van der Waals surface area contributed by atoms with Crippen LogP contribution in [0.3, 0.4) is 0 Å². The lowest BCUT2D eigenvalue weighted by atomic mass is 9.90. The van der Waals surface area contributed by atoms with Crippen LogP contribution in [0.4, 0.5) is 5.69 Å². The molecule has 0 bridgehead atoms. The van der Waals surface area contributed by atoms with Crippen molar-refractivity contribution in [2.45, 2.75) is 45.1 Å². The molecule has 0 saturated carbocycles. The van der Waals surface area contributed by atoms with Gasteiger partial charge in [0.2, 0.25) is 5.91 Å². The van der Waals surface area contributed by atoms with Gasteiger partial charge in [0.25, 0.3) is 0 Å². The maximum Gasteiger partial charge on any atom is 0.227 e. The van der Waals surface area contributed by atoms with E-state index in [1.807, 2.05) is 4.90 Å². The van der Waals surface area contributed by atoms with Gasteiger partial charge in [-0.25, -0.2) is 0 Å². The third kappa shape index (κ3) is 1.16. The van der Waals surface area contributed by atoms with Crippen LogP contribution in [0.15, 0.2) is 18.2 Å². The summed E-state index contributed by atoms with van der Waals surface area (Å²) in [5, 5.41) is 0. The van der Waals surface area contributed by atoms with Crippen LogP contribution in [0.5, 0.6) is 0 Å². The molecule has 0 radical (unpaired) electrons. The Labute approximate surface area is 96.3 Å². The van der Waals surface area contributed by atoms with Gasteiger partial charge in [0, 0.05) is 24.1 Å². The van der Waals surface area contributed by atoms with E-state index in [0.717, 1.165) is 19.3 Å². The highest BCUT2D eigenvalue weighted by Crippen LogP contribution is 2.47. The van der Waals surface area contributed by atoms with E-state index in [1.165, 1.54) is 16.8 Å². The largest absolute Gasteiger partial charge is 0.308 e. The van der Waals surface area contributed by atoms with Gasteiger partial charge in [-0.1, -0.05) is 24.6 Å². The molecular formula is C14H17NO. The molecule has 2 atom stereocenters. The van der Waals surface area contributed by atoms with Crippen LogP contribution in [0, 0.1) is 6.92 Å². The Kier molecular flexibility index (Phi) is 2.06. The fourth-order valence-corrected chi connectivity index (χ4v) is 3.29. The second-order valence-electron chi connectivity index (χ2n) is 4.95. The molecule has 2 nitrogen and oxygen atoms in total. The number of hydrogen-bond donors (Lipinski definition) is 0. The summed E-state index contributed by atoms with van der Waals surface area (Å²) in [6, 6.07) is 6.93. The highest BCUT2D eigenvalue weighted by Gasteiger charge is 2.44. The summed E-state index contributed by atoms with van der Waals surface area (Å²) in [4.78, 5) is 13.9. The third-order valence-electron chi connectivity index (χ3n) is 4.00. The molecule has 2 heterocycles. The Bertz CT molecular complexity index is 452. The van der Waals surface area contributed by atoms with E-state index in [4.69, 9.17) is 0 Å². The summed E-state index contributed by atoms with van der Waals surface area (Å²) in [5.74, 6) is 0.868. The molecular weight excluding hydrogens is 198 g/mol. The Morgan fingerprint density at radius 1 is 1.44 bits per heavy atom. The van der Waals surface area contributed by atoms with Crippen molar-refractivity contribution in [1.29, 1.82) is 0 Å². The minimum Gasteiger partial charge on any atom is -0.308 e. The van der Waals surface area contributed by atoms with E-state index in [0.29, 0.717) is 17.9 Å². The number of fused-ring (bicyclic) bond motifs is 3. The zero-order valence-corrected chi connectivity index (χ0v) is 9.86. The van der Waals surface area contributed by atoms with Crippen molar-refractivity contribution in [3.63, 3.8) is 0 Å². The van der Waals surface area contributed by atoms with E-state index in [9.17, 15) is 4.79 Å². The first kappa shape index (κ1) is 9.88. The minimum atomic E-state index is 0.311. The van der Waals surface area contributed by atoms with Crippen molar-refractivity contribution in [3.8, 4) is 0 Å². The molecule has 2 heteroatoms. The number of nitrogens with zero attached hydrogens (tertiary/aromatic N) is 1. The van der Waals surface area contributed by atoms with Gasteiger partial charge < -0.3 is 4.90 Å². The number of carbonyl (C=O) groups excluding carboxylic acids is 1. The lowest BCUT2D eigenvalue weighted by molar-refractivity contribution is -0.117. The van der Waals surface area contributed by atoms with Gasteiger partial charge in [0.1, 0.15) is 0 Å². The molecule has 0 aromatic heterocycles. The molecule has 0 spiro atoms. The predicted octanol–water partition coefficient (Wildman–Crippen LogP) is 3.00. The van der Waals surface area contributed by atoms with Crippen LogP contribution in [-0.2, 0) is 4.79 Å². The number of hydrogen-bond acceptors (Lipinski definition) is 1. The minimum absolute atomic E-state index is 0.311. The summed E-state index contributed by atoms with van der Waals surface area (Å²) < 4.78 is 0. The standard InChI is InChI=1S/C14H17NO/c1-3-10-11-8-9(2)4-5-13(11)15-12(10)6-7-14(15)16/h4-5,8,10,12H,3,6-7H2,1-2H3/t10-,12+/m0/s1. The molecule has 1 aromatic carbocycles. The topological polar surface area (TPSA) is 20.3 Å². The van der Waals surface area contributed by atoms with E-state index < -0.39 is 0 Å². The van der Waals surface area contributed by atoms with E-state index in [2.05, 4.69) is 32.0 Å². The molecule has 3 rings (SSSR count). The van der Waals surface area contributed by atoms with Gasteiger partial charge in [-0.2, -0.15) is 0 Å². The fourth-order valence-electron chi connectivity index (χ4n) is 3.29. The number of anilines is 1. The first-order chi connectivity index (χ1) is 7.72. The lowest BCUT2D eigenvalue weighted by Crippen LogP contribution is -2.30. The maximum atomic E-state index is 11.9. The second-order valence-corrected chi connectivity index (χ2v) is 4.95. The van der Waals surface area contributed by atoms with E-state index in [-0.39, 0.29) is 0 Å². The van der Waals surface area contributed by atoms with Crippen molar-refractivity contribution in [3.05, 3.63) is 29.3 Å². The normalized spacial score (nSPS) is 27.1. The summed E-state index contributed by atoms with van der Waals surface area (Å²) >= 11 is 0. The summed E-state index contributed by atoms with van der Waals surface area (Å²) in [6.07, 6.45) is 2.89. The first-order valence-corrected chi connectivity index (χ1v) is 6.15. The summed E-state index contributed by atoms with van der Waals surface area (Å²) in [7, 11) is 0. The van der Waals surface area contributed by atoms with Crippen LogP contribution in [0.25, 0.3) is 0 Å². The van der Waals surface area contributed by atoms with Gasteiger partial charge in [-0.05, 0) is 31.4 Å². The van der Waals surface area contributed by atoms with Gasteiger partial charge in [-0.15, -0.1) is 0 Å². The third-order valence-corrected chi connectivity index (χ3v) is 4.00. The average Bonchev–Trinajstić information content (AvgIpc) is 2.77. The van der Waals surface area contributed by atoms with Crippen molar-refractivity contribution in [1.82, 2.24) is 0 Å². The van der Waals surface area contributed by atoms with Crippen molar-refractivity contribution in [2.75, 3.05) is 4.90 Å². The number of aryl methyl sites for hydroxylation is 1. The molecule has 1 saturated heterocycles. The Balaban J connectivity index is 2.15. The summed E-state index contributed by atoms with van der Waals surface area (Å²) in [5.41, 5.74) is 3.86. The van der Waals surface area contributed by atoms with Gasteiger partial charge in [0.15, 0.2) is 0 Å². The highest BCUT2D eigenvalue weighted by molar-refractivity contribution is 5.99. The Morgan fingerprint density at radius 2 is 2.25 bits per heavy atom. The molecule has 0 N–H and O–H groups in total. The van der Waals surface area contributed by atoms with Gasteiger partial charge >= 0.3 is 0 Å². The SMILES string of the molecule is CC[C@H]1c2cc(C)ccc2N2C(=O)CC[C@H]12. The molecule has 16 heavy (non-hydrogen) atoms. The Hall–Kier alpha value is -1.31. The van der Waals surface area contributed by atoms with E-state index in [1.54, 1.807) is 0 Å². The molecule has 2 aliphatic rings. The number of carbonyl (C=O) groups is 1. The molecule has 1 amide bonds. The maximum absolute atomic E-state index is 11.9.